The van der Waals surface area contributed by atoms with Crippen LogP contribution in [0.2, 0.25) is 5.02 Å². The monoisotopic (exact) mass is 399 g/mol. The van der Waals surface area contributed by atoms with Crippen molar-refractivity contribution in [2.75, 3.05) is 13.1 Å². The Morgan fingerprint density at radius 3 is 2.54 bits per heavy atom. The second-order valence-electron chi connectivity index (χ2n) is 7.35. The summed E-state index contributed by atoms with van der Waals surface area (Å²) in [5.74, 6) is 0.118. The van der Waals surface area contributed by atoms with Crippen LogP contribution >= 0.6 is 11.6 Å². The van der Waals surface area contributed by atoms with Gasteiger partial charge in [0.2, 0.25) is 5.43 Å². The van der Waals surface area contributed by atoms with Crippen LogP contribution in [0, 0.1) is 0 Å². The Bertz CT molecular complexity index is 1070. The standard InChI is InChI=1S/C22H22ClNO4/c1-13-9-24(10-14(2)28-13)11-17-20(25)8-7-16-21(26)18(12-27-22(16)17)15-5-3-4-6-19(15)23/h3-8,12-14,25H,9-11H2,1-2H3/t13-,14+. The van der Waals surface area contributed by atoms with Gasteiger partial charge in [-0.25, -0.2) is 0 Å². The molecule has 0 unspecified atom stereocenters. The van der Waals surface area contributed by atoms with E-state index in [4.69, 9.17) is 20.8 Å². The van der Waals surface area contributed by atoms with Crippen molar-refractivity contribution in [2.24, 2.45) is 0 Å². The number of hydrogen-bond donors (Lipinski definition) is 1. The molecular formula is C22H22ClNO4. The number of rotatable bonds is 3. The zero-order chi connectivity index (χ0) is 19.8. The van der Waals surface area contributed by atoms with E-state index in [1.165, 1.54) is 6.26 Å². The van der Waals surface area contributed by atoms with Crippen LogP contribution in [0.15, 0.2) is 51.9 Å². The van der Waals surface area contributed by atoms with Crippen molar-refractivity contribution in [1.29, 1.82) is 0 Å². The van der Waals surface area contributed by atoms with Gasteiger partial charge in [0.25, 0.3) is 0 Å². The van der Waals surface area contributed by atoms with E-state index in [-0.39, 0.29) is 23.4 Å². The average molecular weight is 400 g/mol. The van der Waals surface area contributed by atoms with Crippen LogP contribution in [0.4, 0.5) is 0 Å². The van der Waals surface area contributed by atoms with Crippen molar-refractivity contribution in [3.05, 3.63) is 63.5 Å². The smallest absolute Gasteiger partial charge is 0.200 e. The third kappa shape index (κ3) is 3.53. The Hall–Kier alpha value is -2.34. The molecule has 6 heteroatoms. The van der Waals surface area contributed by atoms with E-state index in [0.29, 0.717) is 39.2 Å². The number of nitrogens with zero attached hydrogens (tertiary/aromatic N) is 1. The molecule has 1 aliphatic heterocycles. The Kier molecular flexibility index (Phi) is 5.15. The van der Waals surface area contributed by atoms with Crippen LogP contribution in [0.25, 0.3) is 22.1 Å². The van der Waals surface area contributed by atoms with Gasteiger partial charge in [-0.3, -0.25) is 9.69 Å². The van der Waals surface area contributed by atoms with E-state index >= 15 is 0 Å². The molecule has 0 spiro atoms. The number of morpholine rings is 1. The third-order valence-electron chi connectivity index (χ3n) is 5.06. The summed E-state index contributed by atoms with van der Waals surface area (Å²) in [4.78, 5) is 15.3. The number of fused-ring (bicyclic) bond motifs is 1. The van der Waals surface area contributed by atoms with Crippen molar-refractivity contribution in [1.82, 2.24) is 4.90 Å². The number of ether oxygens (including phenoxy) is 1. The summed E-state index contributed by atoms with van der Waals surface area (Å²) < 4.78 is 11.6. The molecule has 2 atom stereocenters. The minimum Gasteiger partial charge on any atom is -0.507 e. The van der Waals surface area contributed by atoms with Gasteiger partial charge in [0, 0.05) is 30.2 Å². The number of aromatic hydroxyl groups is 1. The molecule has 1 aromatic heterocycles. The maximum atomic E-state index is 13.1. The highest BCUT2D eigenvalue weighted by atomic mass is 35.5. The Morgan fingerprint density at radius 2 is 1.82 bits per heavy atom. The molecule has 2 heterocycles. The zero-order valence-electron chi connectivity index (χ0n) is 15.8. The molecule has 3 aromatic rings. The van der Waals surface area contributed by atoms with E-state index in [0.717, 1.165) is 13.1 Å². The molecule has 0 saturated carbocycles. The summed E-state index contributed by atoms with van der Waals surface area (Å²) in [5.41, 5.74) is 1.89. The van der Waals surface area contributed by atoms with Gasteiger partial charge in [0.1, 0.15) is 17.6 Å². The van der Waals surface area contributed by atoms with Crippen molar-refractivity contribution < 1.29 is 14.3 Å². The highest BCUT2D eigenvalue weighted by molar-refractivity contribution is 6.33. The number of halogens is 1. The van der Waals surface area contributed by atoms with Gasteiger partial charge in [-0.15, -0.1) is 0 Å². The van der Waals surface area contributed by atoms with E-state index in [9.17, 15) is 9.90 Å². The lowest BCUT2D eigenvalue weighted by atomic mass is 10.0. The molecule has 146 valence electrons. The molecule has 0 bridgehead atoms. The van der Waals surface area contributed by atoms with E-state index in [1.807, 2.05) is 26.0 Å². The maximum absolute atomic E-state index is 13.1. The van der Waals surface area contributed by atoms with Gasteiger partial charge in [-0.1, -0.05) is 29.8 Å². The molecule has 28 heavy (non-hydrogen) atoms. The van der Waals surface area contributed by atoms with Crippen LogP contribution in [-0.4, -0.2) is 35.3 Å². The van der Waals surface area contributed by atoms with Gasteiger partial charge in [-0.05, 0) is 32.0 Å². The Balaban J connectivity index is 1.78. The third-order valence-corrected chi connectivity index (χ3v) is 5.39. The summed E-state index contributed by atoms with van der Waals surface area (Å²) in [6.07, 6.45) is 1.65. The number of hydrogen-bond acceptors (Lipinski definition) is 5. The van der Waals surface area contributed by atoms with Gasteiger partial charge < -0.3 is 14.3 Å². The molecule has 2 aromatic carbocycles. The van der Waals surface area contributed by atoms with Crippen LogP contribution < -0.4 is 5.43 Å². The largest absolute Gasteiger partial charge is 0.507 e. The van der Waals surface area contributed by atoms with Gasteiger partial charge in [0.15, 0.2) is 0 Å². The molecule has 4 rings (SSSR count). The quantitative estimate of drug-likeness (QED) is 0.706. The molecule has 1 N–H and O–H groups in total. The second-order valence-corrected chi connectivity index (χ2v) is 7.76. The Morgan fingerprint density at radius 1 is 1.11 bits per heavy atom. The first-order valence-electron chi connectivity index (χ1n) is 9.33. The Labute approximate surface area is 168 Å². The number of benzene rings is 2. The SMILES string of the molecule is C[C@@H]1CN(Cc2c(O)ccc3c(=O)c(-c4ccccc4Cl)coc23)C[C@H](C)O1. The van der Waals surface area contributed by atoms with Crippen LogP contribution in [0.3, 0.4) is 0 Å². The van der Waals surface area contributed by atoms with Crippen molar-refractivity contribution in [3.63, 3.8) is 0 Å². The predicted octanol–water partition coefficient (Wildman–Crippen LogP) is 4.43. The molecule has 0 amide bonds. The first kappa shape index (κ1) is 19.0. The minimum atomic E-state index is -0.167. The fourth-order valence-corrected chi connectivity index (χ4v) is 4.14. The lowest BCUT2D eigenvalue weighted by Gasteiger charge is -2.35. The first-order valence-corrected chi connectivity index (χ1v) is 9.71. The van der Waals surface area contributed by atoms with Crippen molar-refractivity contribution in [2.45, 2.75) is 32.6 Å². The van der Waals surface area contributed by atoms with Crippen LogP contribution in [0.1, 0.15) is 19.4 Å². The number of phenols is 1. The summed E-state index contributed by atoms with van der Waals surface area (Å²) in [7, 11) is 0. The average Bonchev–Trinajstić information content (AvgIpc) is 2.64. The molecular weight excluding hydrogens is 378 g/mol. The molecule has 1 aliphatic rings. The van der Waals surface area contributed by atoms with Gasteiger partial charge in [-0.2, -0.15) is 0 Å². The van der Waals surface area contributed by atoms with Gasteiger partial charge >= 0.3 is 0 Å². The maximum Gasteiger partial charge on any atom is 0.200 e. The topological polar surface area (TPSA) is 62.9 Å². The zero-order valence-corrected chi connectivity index (χ0v) is 16.6. The fourth-order valence-electron chi connectivity index (χ4n) is 3.90. The number of phenolic OH excluding ortho intramolecular Hbond substituents is 1. The fraction of sp³-hybridized carbons (Fsp3) is 0.318. The predicted molar refractivity (Wildman–Crippen MR) is 110 cm³/mol. The summed E-state index contributed by atoms with van der Waals surface area (Å²) in [5, 5.41) is 11.4. The summed E-state index contributed by atoms with van der Waals surface area (Å²) in [6.45, 7) is 6.04. The normalized spacial score (nSPS) is 20.5. The van der Waals surface area contributed by atoms with Crippen LogP contribution in [0.5, 0.6) is 5.75 Å². The second kappa shape index (κ2) is 7.59. The van der Waals surface area contributed by atoms with Crippen molar-refractivity contribution in [3.8, 4) is 16.9 Å². The highest BCUT2D eigenvalue weighted by Crippen LogP contribution is 2.31. The highest BCUT2D eigenvalue weighted by Gasteiger charge is 2.24. The summed E-state index contributed by atoms with van der Waals surface area (Å²) in [6, 6.07) is 10.3. The lowest BCUT2D eigenvalue weighted by Crippen LogP contribution is -2.44. The van der Waals surface area contributed by atoms with Gasteiger partial charge in [0.05, 0.1) is 28.7 Å². The molecule has 0 aliphatic carbocycles. The molecule has 1 fully saturated rings. The molecule has 0 radical (unpaired) electrons. The summed E-state index contributed by atoms with van der Waals surface area (Å²) >= 11 is 6.26. The lowest BCUT2D eigenvalue weighted by molar-refractivity contribution is -0.0705. The minimum absolute atomic E-state index is 0.111. The van der Waals surface area contributed by atoms with Crippen LogP contribution in [-0.2, 0) is 11.3 Å². The molecule has 5 nitrogen and oxygen atoms in total. The van der Waals surface area contributed by atoms with E-state index < -0.39 is 0 Å². The van der Waals surface area contributed by atoms with E-state index in [2.05, 4.69) is 4.90 Å². The van der Waals surface area contributed by atoms with E-state index in [1.54, 1.807) is 24.3 Å². The first-order chi connectivity index (χ1) is 13.4. The van der Waals surface area contributed by atoms with Crippen molar-refractivity contribution >= 4 is 22.6 Å². The molecule has 1 saturated heterocycles.